The van der Waals surface area contributed by atoms with E-state index in [1.807, 2.05) is 0 Å². The van der Waals surface area contributed by atoms with Crippen LogP contribution in [0.1, 0.15) is 11.8 Å². The highest BCUT2D eigenvalue weighted by molar-refractivity contribution is 8.06. The first kappa shape index (κ1) is 17.4. The smallest absolute Gasteiger partial charge is 0.351 e. The summed E-state index contributed by atoms with van der Waals surface area (Å²) < 4.78 is 11.1. The summed E-state index contributed by atoms with van der Waals surface area (Å²) in [6, 6.07) is 0. The van der Waals surface area contributed by atoms with E-state index in [9.17, 15) is 24.8 Å². The molecule has 124 valence electrons. The molecule has 2 heterocycles. The number of nitrogen functional groups attached to an aromatic ring is 1. The molecule has 0 unspecified atom stereocenters. The van der Waals surface area contributed by atoms with Crippen LogP contribution < -0.4 is 11.4 Å². The fourth-order valence-electron chi connectivity index (χ4n) is 2.15. The van der Waals surface area contributed by atoms with Gasteiger partial charge in [-0.25, -0.2) is 4.79 Å². The van der Waals surface area contributed by atoms with Crippen LogP contribution in [-0.2, 0) is 21.1 Å². The number of aliphatic hydroxyl groups is 2. The van der Waals surface area contributed by atoms with Crippen molar-refractivity contribution in [1.82, 2.24) is 9.55 Å². The molecule has 22 heavy (non-hydrogen) atoms. The fourth-order valence-corrected chi connectivity index (χ4v) is 3.02. The summed E-state index contributed by atoms with van der Waals surface area (Å²) >= 11 is 4.35. The lowest BCUT2D eigenvalue weighted by Gasteiger charge is -2.21. The molecule has 1 saturated heterocycles. The van der Waals surface area contributed by atoms with E-state index in [1.54, 1.807) is 6.92 Å². The van der Waals surface area contributed by atoms with E-state index in [-0.39, 0.29) is 5.82 Å². The van der Waals surface area contributed by atoms with Gasteiger partial charge in [-0.3, -0.25) is 9.09 Å². The third kappa shape index (κ3) is 3.53. The summed E-state index contributed by atoms with van der Waals surface area (Å²) in [4.78, 5) is 33.9. The lowest BCUT2D eigenvalue weighted by atomic mass is 10.1. The van der Waals surface area contributed by atoms with Crippen LogP contribution in [0.2, 0.25) is 0 Å². The average molecular weight is 353 g/mol. The summed E-state index contributed by atoms with van der Waals surface area (Å²) in [5.74, 6) is 0.0430. The second-order valence-electron chi connectivity index (χ2n) is 4.80. The molecular formula is C10H16N3O7PS. The second-order valence-corrected chi connectivity index (χ2v) is 7.42. The summed E-state index contributed by atoms with van der Waals surface area (Å²) in [5, 5.41) is 19.5. The van der Waals surface area contributed by atoms with Crippen LogP contribution in [0.5, 0.6) is 0 Å². The number of nitrogens with two attached hydrogens (primary N) is 1. The number of nitrogens with zero attached hydrogens (tertiary/aromatic N) is 2. The summed E-state index contributed by atoms with van der Waals surface area (Å²) in [7, 11) is 0. The number of aromatic nitrogens is 2. The predicted octanol–water partition coefficient (Wildman–Crippen LogP) is -2.02. The van der Waals surface area contributed by atoms with Crippen molar-refractivity contribution in [2.24, 2.45) is 0 Å². The maximum Gasteiger partial charge on any atom is 0.351 e. The van der Waals surface area contributed by atoms with Crippen molar-refractivity contribution in [3.63, 3.8) is 0 Å². The van der Waals surface area contributed by atoms with Crippen LogP contribution in [-0.4, -0.2) is 54.5 Å². The highest BCUT2D eigenvalue weighted by Crippen LogP contribution is 2.43. The van der Waals surface area contributed by atoms with Gasteiger partial charge in [0.25, 0.3) is 0 Å². The number of anilines is 1. The Hall–Kier alpha value is -0.910. The van der Waals surface area contributed by atoms with Crippen molar-refractivity contribution in [2.75, 3.05) is 12.3 Å². The summed E-state index contributed by atoms with van der Waals surface area (Å²) in [5.41, 5.74) is 5.23. The number of hydrogen-bond acceptors (Lipinski definition) is 8. The Morgan fingerprint density at radius 3 is 2.77 bits per heavy atom. The molecular weight excluding hydrogens is 337 g/mol. The zero-order chi connectivity index (χ0) is 16.7. The normalized spacial score (nSPS) is 29.0. The summed E-state index contributed by atoms with van der Waals surface area (Å²) in [6.07, 6.45) is -3.76. The van der Waals surface area contributed by atoms with Gasteiger partial charge in [0.2, 0.25) is 0 Å². The van der Waals surface area contributed by atoms with Crippen molar-refractivity contribution in [1.29, 1.82) is 0 Å². The quantitative estimate of drug-likeness (QED) is 0.382. The van der Waals surface area contributed by atoms with Crippen molar-refractivity contribution in [3.05, 3.63) is 22.2 Å². The van der Waals surface area contributed by atoms with Crippen LogP contribution in [0.15, 0.2) is 11.0 Å². The Bertz CT molecular complexity index is 662. The van der Waals surface area contributed by atoms with Gasteiger partial charge in [-0.05, 0) is 18.7 Å². The molecule has 2 rings (SSSR count). The minimum Gasteiger partial charge on any atom is -0.394 e. The van der Waals surface area contributed by atoms with Gasteiger partial charge < -0.3 is 30.5 Å². The SMILES string of the molecule is Cc1cn([C@@H]2O[C@H](CO)[C@@H](OP(O)(O)=S)[C@H]2O)c(=O)nc1N. The van der Waals surface area contributed by atoms with E-state index >= 15 is 0 Å². The van der Waals surface area contributed by atoms with Crippen LogP contribution in [0.25, 0.3) is 0 Å². The Kier molecular flexibility index (Phi) is 5.00. The number of aliphatic hydroxyl groups excluding tert-OH is 2. The average Bonchev–Trinajstić information content (AvgIpc) is 2.69. The fraction of sp³-hybridized carbons (Fsp3) is 0.600. The first-order valence-corrected chi connectivity index (χ1v) is 8.80. The minimum absolute atomic E-state index is 0.0430. The molecule has 6 N–H and O–H groups in total. The maximum absolute atomic E-state index is 11.9. The lowest BCUT2D eigenvalue weighted by molar-refractivity contribution is -0.0546. The zero-order valence-corrected chi connectivity index (χ0v) is 13.1. The molecule has 0 amide bonds. The monoisotopic (exact) mass is 353 g/mol. The van der Waals surface area contributed by atoms with Crippen molar-refractivity contribution in [2.45, 2.75) is 31.5 Å². The lowest BCUT2D eigenvalue weighted by Crippen LogP contribution is -2.37. The van der Waals surface area contributed by atoms with Gasteiger partial charge in [0, 0.05) is 11.8 Å². The van der Waals surface area contributed by atoms with Gasteiger partial charge in [-0.2, -0.15) is 4.98 Å². The molecule has 0 spiro atoms. The van der Waals surface area contributed by atoms with Gasteiger partial charge in [-0.1, -0.05) is 0 Å². The Morgan fingerprint density at radius 1 is 1.59 bits per heavy atom. The first-order chi connectivity index (χ1) is 10.1. The molecule has 1 fully saturated rings. The van der Waals surface area contributed by atoms with E-state index in [0.717, 1.165) is 4.57 Å². The van der Waals surface area contributed by atoms with E-state index in [2.05, 4.69) is 16.8 Å². The molecule has 0 radical (unpaired) electrons. The molecule has 4 atom stereocenters. The van der Waals surface area contributed by atoms with E-state index in [4.69, 9.17) is 15.0 Å². The van der Waals surface area contributed by atoms with Crippen LogP contribution in [0, 0.1) is 6.92 Å². The first-order valence-electron chi connectivity index (χ1n) is 6.17. The minimum atomic E-state index is -4.09. The third-order valence-corrected chi connectivity index (χ3v) is 3.97. The van der Waals surface area contributed by atoms with Crippen molar-refractivity contribution >= 4 is 24.3 Å². The molecule has 0 bridgehead atoms. The molecule has 0 aromatic carbocycles. The van der Waals surface area contributed by atoms with Gasteiger partial charge in [0.1, 0.15) is 24.1 Å². The highest BCUT2D eigenvalue weighted by atomic mass is 32.5. The molecule has 1 aromatic heterocycles. The molecule has 12 heteroatoms. The van der Waals surface area contributed by atoms with Gasteiger partial charge >= 0.3 is 12.4 Å². The Balaban J connectivity index is 2.36. The van der Waals surface area contributed by atoms with Crippen LogP contribution in [0.4, 0.5) is 5.82 Å². The van der Waals surface area contributed by atoms with E-state index in [0.29, 0.717) is 5.56 Å². The zero-order valence-electron chi connectivity index (χ0n) is 11.4. The third-order valence-electron chi connectivity index (χ3n) is 3.20. The number of hydrogen-bond donors (Lipinski definition) is 5. The van der Waals surface area contributed by atoms with E-state index in [1.165, 1.54) is 6.20 Å². The molecule has 0 saturated carbocycles. The molecule has 10 nitrogen and oxygen atoms in total. The molecule has 1 aliphatic heterocycles. The standard InChI is InChI=1S/C10H16N3O7PS/c1-4-2-13(10(16)12-8(4)11)9-6(15)7(5(3-14)19-9)20-21(17,18)22/h2,5-7,9,14-15H,3H2,1H3,(H2,11,12,16)(H2,17,18,22)/t5-,6-,7-,9-/m1/s1. The van der Waals surface area contributed by atoms with Gasteiger partial charge in [0.05, 0.1) is 6.61 Å². The number of ether oxygens (including phenoxy) is 1. The van der Waals surface area contributed by atoms with Crippen molar-refractivity contribution < 1.29 is 29.3 Å². The highest BCUT2D eigenvalue weighted by Gasteiger charge is 2.47. The maximum atomic E-state index is 11.9. The van der Waals surface area contributed by atoms with Crippen molar-refractivity contribution in [3.8, 4) is 0 Å². The van der Waals surface area contributed by atoms with Gasteiger partial charge in [-0.15, -0.1) is 0 Å². The molecule has 0 aliphatic carbocycles. The summed E-state index contributed by atoms with van der Waals surface area (Å²) in [6.45, 7) is -3.06. The van der Waals surface area contributed by atoms with Crippen LogP contribution >= 0.6 is 6.72 Å². The van der Waals surface area contributed by atoms with Gasteiger partial charge in [0.15, 0.2) is 6.23 Å². The van der Waals surface area contributed by atoms with E-state index < -0.39 is 43.6 Å². The second kappa shape index (κ2) is 6.30. The number of rotatable bonds is 4. The Labute approximate surface area is 130 Å². The number of aryl methyl sites for hydroxylation is 1. The molecule has 1 aliphatic rings. The van der Waals surface area contributed by atoms with Crippen LogP contribution in [0.3, 0.4) is 0 Å². The molecule has 1 aromatic rings. The topological polar surface area (TPSA) is 160 Å². The largest absolute Gasteiger partial charge is 0.394 e. The Morgan fingerprint density at radius 2 is 2.23 bits per heavy atom. The predicted molar refractivity (Wildman–Crippen MR) is 78.2 cm³/mol.